The molecule has 1 aromatic heterocycles. The molecule has 2 N–H and O–H groups in total. The van der Waals surface area contributed by atoms with E-state index in [1.165, 1.54) is 0 Å². The van der Waals surface area contributed by atoms with E-state index in [0.717, 1.165) is 27.7 Å². The minimum atomic E-state index is 0.745. The first kappa shape index (κ1) is 9.85. The summed E-state index contributed by atoms with van der Waals surface area (Å²) in [4.78, 5) is 4.45. The Balaban J connectivity index is 2.29. The highest BCUT2D eigenvalue weighted by molar-refractivity contribution is 5.98. The molecular formula is C15H12N2. The summed E-state index contributed by atoms with van der Waals surface area (Å²) in [7, 11) is 0. The second-order valence-corrected chi connectivity index (χ2v) is 3.97. The molecule has 0 saturated heterocycles. The van der Waals surface area contributed by atoms with Gasteiger partial charge in [-0.2, -0.15) is 0 Å². The first-order valence-electron chi connectivity index (χ1n) is 5.55. The molecule has 0 fully saturated rings. The van der Waals surface area contributed by atoms with Gasteiger partial charge in [0.25, 0.3) is 0 Å². The van der Waals surface area contributed by atoms with E-state index in [0.29, 0.717) is 0 Å². The smallest absolute Gasteiger partial charge is 0.0937 e. The van der Waals surface area contributed by atoms with Crippen LogP contribution in [0.4, 0.5) is 5.69 Å². The zero-order valence-corrected chi connectivity index (χ0v) is 9.30. The van der Waals surface area contributed by atoms with Crippen molar-refractivity contribution >= 4 is 16.5 Å². The lowest BCUT2D eigenvalue weighted by Crippen LogP contribution is -1.94. The van der Waals surface area contributed by atoms with E-state index in [1.807, 2.05) is 60.8 Å². The first-order chi connectivity index (χ1) is 8.36. The van der Waals surface area contributed by atoms with Crippen LogP contribution in [0.2, 0.25) is 0 Å². The predicted octanol–water partition coefficient (Wildman–Crippen LogP) is 3.48. The molecule has 3 aromatic rings. The number of aromatic nitrogens is 1. The van der Waals surface area contributed by atoms with Gasteiger partial charge in [0, 0.05) is 22.5 Å². The van der Waals surface area contributed by atoms with Gasteiger partial charge in [-0.1, -0.05) is 54.6 Å². The van der Waals surface area contributed by atoms with E-state index < -0.39 is 0 Å². The number of hydrogen-bond acceptors (Lipinski definition) is 2. The van der Waals surface area contributed by atoms with Gasteiger partial charge >= 0.3 is 0 Å². The van der Waals surface area contributed by atoms with Gasteiger partial charge in [0.15, 0.2) is 0 Å². The van der Waals surface area contributed by atoms with E-state index in [9.17, 15) is 0 Å². The van der Waals surface area contributed by atoms with Gasteiger partial charge in [0.1, 0.15) is 0 Å². The quantitative estimate of drug-likeness (QED) is 0.681. The summed E-state index contributed by atoms with van der Waals surface area (Å²) in [5.41, 5.74) is 8.84. The summed E-state index contributed by atoms with van der Waals surface area (Å²) in [5.74, 6) is 0. The Morgan fingerprint density at radius 3 is 2.35 bits per heavy atom. The number of nitrogen functional groups attached to an aromatic ring is 1. The minimum Gasteiger partial charge on any atom is -0.396 e. The van der Waals surface area contributed by atoms with Crippen molar-refractivity contribution in [1.29, 1.82) is 0 Å². The molecule has 0 atom stereocenters. The van der Waals surface area contributed by atoms with Crippen molar-refractivity contribution in [1.82, 2.24) is 4.98 Å². The van der Waals surface area contributed by atoms with Crippen LogP contribution < -0.4 is 5.73 Å². The zero-order valence-electron chi connectivity index (χ0n) is 9.30. The summed E-state index contributed by atoms with van der Waals surface area (Å²) < 4.78 is 0. The van der Waals surface area contributed by atoms with Gasteiger partial charge < -0.3 is 5.73 Å². The van der Waals surface area contributed by atoms with Crippen LogP contribution in [0.15, 0.2) is 60.8 Å². The highest BCUT2D eigenvalue weighted by atomic mass is 14.7. The van der Waals surface area contributed by atoms with Gasteiger partial charge in [-0.15, -0.1) is 0 Å². The number of hydrogen-bond donors (Lipinski definition) is 1. The molecule has 2 aromatic carbocycles. The van der Waals surface area contributed by atoms with Gasteiger partial charge in [-0.05, 0) is 0 Å². The van der Waals surface area contributed by atoms with E-state index in [4.69, 9.17) is 5.73 Å². The second kappa shape index (κ2) is 3.91. The number of benzene rings is 2. The Labute approximate surface area is 99.7 Å². The lowest BCUT2D eigenvalue weighted by molar-refractivity contribution is 1.36. The average molecular weight is 220 g/mol. The normalized spacial score (nSPS) is 10.6. The van der Waals surface area contributed by atoms with Crippen molar-refractivity contribution in [3.8, 4) is 11.3 Å². The van der Waals surface area contributed by atoms with Crippen LogP contribution in [0.25, 0.3) is 22.0 Å². The van der Waals surface area contributed by atoms with Crippen molar-refractivity contribution in [3.05, 3.63) is 60.8 Å². The molecule has 0 aliphatic rings. The molecule has 0 aliphatic heterocycles. The summed E-state index contributed by atoms with van der Waals surface area (Å²) >= 11 is 0. The maximum atomic E-state index is 6.19. The SMILES string of the molecule is Nc1c(-c2ccccc2)ncc2ccccc12. The molecule has 0 bridgehead atoms. The lowest BCUT2D eigenvalue weighted by atomic mass is 10.1. The maximum Gasteiger partial charge on any atom is 0.0937 e. The third-order valence-electron chi connectivity index (χ3n) is 2.89. The van der Waals surface area contributed by atoms with Crippen LogP contribution in [-0.2, 0) is 0 Å². The van der Waals surface area contributed by atoms with Crippen LogP contribution in [0.3, 0.4) is 0 Å². The van der Waals surface area contributed by atoms with Gasteiger partial charge in [-0.3, -0.25) is 4.98 Å². The third-order valence-corrected chi connectivity index (χ3v) is 2.89. The molecule has 1 heterocycles. The summed E-state index contributed by atoms with van der Waals surface area (Å²) in [5, 5.41) is 2.13. The molecule has 0 spiro atoms. The topological polar surface area (TPSA) is 38.9 Å². The Morgan fingerprint density at radius 1 is 0.824 bits per heavy atom. The molecule has 17 heavy (non-hydrogen) atoms. The van der Waals surface area contributed by atoms with Crippen molar-refractivity contribution < 1.29 is 0 Å². The Morgan fingerprint density at radius 2 is 1.53 bits per heavy atom. The van der Waals surface area contributed by atoms with Crippen molar-refractivity contribution in [3.63, 3.8) is 0 Å². The number of nitrogens with two attached hydrogens (primary N) is 1. The number of anilines is 1. The molecule has 0 aliphatic carbocycles. The van der Waals surface area contributed by atoms with E-state index in [-0.39, 0.29) is 0 Å². The summed E-state index contributed by atoms with van der Waals surface area (Å²) in [6.07, 6.45) is 1.87. The number of rotatable bonds is 1. The van der Waals surface area contributed by atoms with Gasteiger partial charge in [0.2, 0.25) is 0 Å². The van der Waals surface area contributed by atoms with Gasteiger partial charge in [-0.25, -0.2) is 0 Å². The molecule has 3 rings (SSSR count). The van der Waals surface area contributed by atoms with Crippen LogP contribution in [0.5, 0.6) is 0 Å². The molecule has 2 heteroatoms. The summed E-state index contributed by atoms with van der Waals surface area (Å²) in [6.45, 7) is 0. The fourth-order valence-corrected chi connectivity index (χ4v) is 2.01. The van der Waals surface area contributed by atoms with Crippen LogP contribution in [0.1, 0.15) is 0 Å². The molecule has 82 valence electrons. The number of pyridine rings is 1. The number of fused-ring (bicyclic) bond motifs is 1. The molecule has 0 unspecified atom stereocenters. The Bertz CT molecular complexity index is 660. The molecular weight excluding hydrogens is 208 g/mol. The molecule has 0 saturated carbocycles. The predicted molar refractivity (Wildman–Crippen MR) is 71.6 cm³/mol. The third kappa shape index (κ3) is 1.64. The highest BCUT2D eigenvalue weighted by Crippen LogP contribution is 2.29. The van der Waals surface area contributed by atoms with Crippen molar-refractivity contribution in [2.75, 3.05) is 5.73 Å². The first-order valence-corrected chi connectivity index (χ1v) is 5.55. The van der Waals surface area contributed by atoms with Crippen molar-refractivity contribution in [2.24, 2.45) is 0 Å². The minimum absolute atomic E-state index is 0.745. The van der Waals surface area contributed by atoms with E-state index >= 15 is 0 Å². The Kier molecular flexibility index (Phi) is 2.26. The molecule has 0 radical (unpaired) electrons. The van der Waals surface area contributed by atoms with Crippen LogP contribution in [0, 0.1) is 0 Å². The zero-order chi connectivity index (χ0) is 11.7. The van der Waals surface area contributed by atoms with Gasteiger partial charge in [0.05, 0.1) is 11.4 Å². The van der Waals surface area contributed by atoms with Crippen LogP contribution >= 0.6 is 0 Å². The van der Waals surface area contributed by atoms with E-state index in [1.54, 1.807) is 0 Å². The van der Waals surface area contributed by atoms with Crippen LogP contribution in [-0.4, -0.2) is 4.98 Å². The van der Waals surface area contributed by atoms with E-state index in [2.05, 4.69) is 4.98 Å². The fraction of sp³-hybridized carbons (Fsp3) is 0. The second-order valence-electron chi connectivity index (χ2n) is 3.97. The average Bonchev–Trinajstić information content (AvgIpc) is 2.40. The molecule has 0 amide bonds. The Hall–Kier alpha value is -2.35. The number of nitrogens with zero attached hydrogens (tertiary/aromatic N) is 1. The summed E-state index contributed by atoms with van der Waals surface area (Å²) in [6, 6.07) is 18.0. The largest absolute Gasteiger partial charge is 0.396 e. The highest BCUT2D eigenvalue weighted by Gasteiger charge is 2.06. The van der Waals surface area contributed by atoms with Crippen molar-refractivity contribution in [2.45, 2.75) is 0 Å². The molecule has 2 nitrogen and oxygen atoms in total. The lowest BCUT2D eigenvalue weighted by Gasteiger charge is -2.07. The standard InChI is InChI=1S/C15H12N2/c16-14-13-9-5-4-8-12(13)10-17-15(14)11-6-2-1-3-7-11/h1-10H,16H2. The monoisotopic (exact) mass is 220 g/mol. The fourth-order valence-electron chi connectivity index (χ4n) is 2.01. The maximum absolute atomic E-state index is 6.19.